The highest BCUT2D eigenvalue weighted by Crippen LogP contribution is 2.30. The van der Waals surface area contributed by atoms with Gasteiger partial charge in [0, 0.05) is 32.1 Å². The molecule has 2 aromatic heterocycles. The lowest BCUT2D eigenvalue weighted by molar-refractivity contribution is -0.141. The zero-order valence-electron chi connectivity index (χ0n) is 11.1. The summed E-state index contributed by atoms with van der Waals surface area (Å²) in [6, 6.07) is 0.982. The van der Waals surface area contributed by atoms with Crippen molar-refractivity contribution in [3.63, 3.8) is 0 Å². The predicted molar refractivity (Wildman–Crippen MR) is 67.5 cm³/mol. The molecular weight excluding hydrogens is 273 g/mol. The van der Waals surface area contributed by atoms with Crippen molar-refractivity contribution in [1.29, 1.82) is 0 Å². The summed E-state index contributed by atoms with van der Waals surface area (Å²) >= 11 is 0. The number of nitrogens with zero attached hydrogens (tertiary/aromatic N) is 3. The topological polar surface area (TPSA) is 51.5 Å². The molecule has 20 heavy (non-hydrogen) atoms. The van der Waals surface area contributed by atoms with E-state index in [4.69, 9.17) is 4.74 Å². The molecule has 0 aliphatic heterocycles. The van der Waals surface area contributed by atoms with Gasteiger partial charge in [-0.3, -0.25) is 0 Å². The van der Waals surface area contributed by atoms with Crippen molar-refractivity contribution in [1.82, 2.24) is 14.6 Å². The van der Waals surface area contributed by atoms with Gasteiger partial charge in [0.15, 0.2) is 11.5 Å². The van der Waals surface area contributed by atoms with Gasteiger partial charge < -0.3 is 10.1 Å². The molecular formula is C12H15F3N4O. The minimum atomic E-state index is -4.47. The van der Waals surface area contributed by atoms with Crippen molar-refractivity contribution in [3.8, 4) is 0 Å². The Morgan fingerprint density at radius 2 is 2.20 bits per heavy atom. The van der Waals surface area contributed by atoms with Gasteiger partial charge in [-0.1, -0.05) is 6.92 Å². The van der Waals surface area contributed by atoms with E-state index >= 15 is 0 Å². The summed E-state index contributed by atoms with van der Waals surface area (Å²) in [7, 11) is 1.60. The molecule has 8 heteroatoms. The molecule has 2 heterocycles. The summed E-state index contributed by atoms with van der Waals surface area (Å²) in [4.78, 5) is 4.05. The third kappa shape index (κ3) is 3.19. The number of aromatic nitrogens is 3. The predicted octanol–water partition coefficient (Wildman–Crippen LogP) is 2.44. The molecule has 0 spiro atoms. The van der Waals surface area contributed by atoms with Gasteiger partial charge >= 0.3 is 6.18 Å². The lowest BCUT2D eigenvalue weighted by atomic mass is 10.2. The first-order valence-electron chi connectivity index (χ1n) is 6.06. The van der Waals surface area contributed by atoms with E-state index in [1.165, 1.54) is 16.9 Å². The molecule has 0 aromatic carbocycles. The van der Waals surface area contributed by atoms with Crippen molar-refractivity contribution >= 4 is 11.3 Å². The van der Waals surface area contributed by atoms with Gasteiger partial charge in [0.25, 0.3) is 0 Å². The third-order valence-corrected chi connectivity index (χ3v) is 2.75. The van der Waals surface area contributed by atoms with Crippen LogP contribution in [0.3, 0.4) is 0 Å². The van der Waals surface area contributed by atoms with Gasteiger partial charge in [-0.25, -0.2) is 9.50 Å². The number of rotatable bonds is 5. The van der Waals surface area contributed by atoms with Crippen LogP contribution >= 0.6 is 0 Å². The molecule has 0 saturated carbocycles. The number of anilines is 1. The minimum Gasteiger partial charge on any atom is -0.384 e. The van der Waals surface area contributed by atoms with Crippen LogP contribution in [0.4, 0.5) is 19.0 Å². The molecule has 1 atom stereocenters. The maximum Gasteiger partial charge on any atom is 0.435 e. The number of alkyl halides is 3. The molecule has 0 radical (unpaired) electrons. The molecule has 110 valence electrons. The molecule has 0 fully saturated rings. The van der Waals surface area contributed by atoms with E-state index in [1.807, 2.05) is 6.92 Å². The monoisotopic (exact) mass is 288 g/mol. The Kier molecular flexibility index (Phi) is 4.12. The normalized spacial score (nSPS) is 13.7. The highest BCUT2D eigenvalue weighted by Gasteiger charge is 2.34. The number of halogens is 3. The second-order valence-electron chi connectivity index (χ2n) is 4.57. The van der Waals surface area contributed by atoms with Crippen molar-refractivity contribution < 1.29 is 17.9 Å². The molecule has 2 aromatic rings. The van der Waals surface area contributed by atoms with Gasteiger partial charge in [-0.2, -0.15) is 18.3 Å². The Bertz CT molecular complexity index is 582. The average molecular weight is 288 g/mol. The number of fused-ring (bicyclic) bond motifs is 1. The van der Waals surface area contributed by atoms with Crippen LogP contribution in [0, 0.1) is 5.92 Å². The Balaban J connectivity index is 2.23. The van der Waals surface area contributed by atoms with Crippen LogP contribution in [0.25, 0.3) is 5.52 Å². The lowest BCUT2D eigenvalue weighted by Crippen LogP contribution is -2.16. The van der Waals surface area contributed by atoms with Crippen LogP contribution in [0.1, 0.15) is 12.6 Å². The highest BCUT2D eigenvalue weighted by atomic mass is 19.4. The van der Waals surface area contributed by atoms with E-state index in [9.17, 15) is 13.2 Å². The summed E-state index contributed by atoms with van der Waals surface area (Å²) in [5.74, 6) is 0.588. The molecule has 0 amide bonds. The number of nitrogens with one attached hydrogen (secondary N) is 1. The zero-order valence-corrected chi connectivity index (χ0v) is 11.1. The molecule has 1 unspecified atom stereocenters. The number of hydrogen-bond acceptors (Lipinski definition) is 4. The Hall–Kier alpha value is -1.83. The Morgan fingerprint density at radius 3 is 2.85 bits per heavy atom. The molecule has 0 saturated heterocycles. The maximum absolute atomic E-state index is 12.6. The van der Waals surface area contributed by atoms with Crippen molar-refractivity contribution in [3.05, 3.63) is 24.2 Å². The van der Waals surface area contributed by atoms with Gasteiger partial charge in [0.2, 0.25) is 0 Å². The van der Waals surface area contributed by atoms with E-state index in [0.29, 0.717) is 24.5 Å². The van der Waals surface area contributed by atoms with E-state index in [1.54, 1.807) is 7.11 Å². The average Bonchev–Trinajstić information content (AvgIpc) is 2.81. The maximum atomic E-state index is 12.6. The second-order valence-corrected chi connectivity index (χ2v) is 4.57. The quantitative estimate of drug-likeness (QED) is 0.918. The largest absolute Gasteiger partial charge is 0.435 e. The van der Waals surface area contributed by atoms with Crippen molar-refractivity contribution in [2.24, 2.45) is 5.92 Å². The van der Waals surface area contributed by atoms with Crippen LogP contribution in [-0.2, 0) is 10.9 Å². The van der Waals surface area contributed by atoms with Crippen LogP contribution < -0.4 is 5.32 Å². The molecule has 1 N–H and O–H groups in total. The summed E-state index contributed by atoms with van der Waals surface area (Å²) in [6.45, 7) is 3.07. The lowest BCUT2D eigenvalue weighted by Gasteiger charge is -2.12. The first kappa shape index (κ1) is 14.6. The summed E-state index contributed by atoms with van der Waals surface area (Å²) in [5.41, 5.74) is -0.636. The smallest absolute Gasteiger partial charge is 0.384 e. The standard InChI is InChI=1S/C12H15F3N4O/c1-8(7-20-2)6-17-11-9-5-10(12(13,14)15)18-19(9)4-3-16-11/h3-5,8H,6-7H2,1-2H3,(H,16,17). The van der Waals surface area contributed by atoms with E-state index in [2.05, 4.69) is 15.4 Å². The van der Waals surface area contributed by atoms with Gasteiger partial charge in [0.1, 0.15) is 5.52 Å². The summed E-state index contributed by atoms with van der Waals surface area (Å²) < 4.78 is 44.1. The fourth-order valence-corrected chi connectivity index (χ4v) is 1.81. The molecule has 0 bridgehead atoms. The van der Waals surface area contributed by atoms with E-state index in [0.717, 1.165) is 6.07 Å². The fourth-order valence-electron chi connectivity index (χ4n) is 1.81. The number of methoxy groups -OCH3 is 1. The molecule has 0 aliphatic rings. The fraction of sp³-hybridized carbons (Fsp3) is 0.500. The third-order valence-electron chi connectivity index (χ3n) is 2.75. The van der Waals surface area contributed by atoms with Crippen LogP contribution in [0.5, 0.6) is 0 Å². The van der Waals surface area contributed by atoms with Gasteiger partial charge in [0.05, 0.1) is 6.61 Å². The molecule has 2 rings (SSSR count). The SMILES string of the molecule is COCC(C)CNc1nccn2nc(C(F)(F)F)cc12. The van der Waals surface area contributed by atoms with Gasteiger partial charge in [-0.05, 0) is 5.92 Å². The van der Waals surface area contributed by atoms with Gasteiger partial charge in [-0.15, -0.1) is 0 Å². The first-order chi connectivity index (χ1) is 9.41. The van der Waals surface area contributed by atoms with Crippen LogP contribution in [0.15, 0.2) is 18.5 Å². The molecule has 0 aliphatic carbocycles. The van der Waals surface area contributed by atoms with Crippen molar-refractivity contribution in [2.75, 3.05) is 25.6 Å². The van der Waals surface area contributed by atoms with Crippen molar-refractivity contribution in [2.45, 2.75) is 13.1 Å². The first-order valence-corrected chi connectivity index (χ1v) is 6.06. The summed E-state index contributed by atoms with van der Waals surface area (Å²) in [5, 5.41) is 6.51. The molecule has 5 nitrogen and oxygen atoms in total. The number of hydrogen-bond donors (Lipinski definition) is 1. The Morgan fingerprint density at radius 1 is 1.45 bits per heavy atom. The Labute approximate surface area is 113 Å². The summed E-state index contributed by atoms with van der Waals surface area (Å²) in [6.07, 6.45) is -1.68. The van der Waals surface area contributed by atoms with Crippen LogP contribution in [-0.4, -0.2) is 34.9 Å². The highest BCUT2D eigenvalue weighted by molar-refractivity contribution is 5.67. The van der Waals surface area contributed by atoms with Crippen LogP contribution in [0.2, 0.25) is 0 Å². The number of ether oxygens (including phenoxy) is 1. The minimum absolute atomic E-state index is 0.215. The van der Waals surface area contributed by atoms with E-state index < -0.39 is 11.9 Å². The van der Waals surface area contributed by atoms with E-state index in [-0.39, 0.29) is 5.92 Å². The second kappa shape index (κ2) is 5.66. The zero-order chi connectivity index (χ0) is 14.8.